The average molecular weight is 395 g/mol. The normalized spacial score (nSPS) is 15.0. The average Bonchev–Trinajstić information content (AvgIpc) is 2.32. The molecule has 0 unspecified atom stereocenters. The van der Waals surface area contributed by atoms with E-state index in [-0.39, 0.29) is 0 Å². The number of sulfonamides is 1. The van der Waals surface area contributed by atoms with Gasteiger partial charge in [0.2, 0.25) is 0 Å². The summed E-state index contributed by atoms with van der Waals surface area (Å²) in [7, 11) is -6.43. The largest absolute Gasteiger partial charge is 0.448 e. The van der Waals surface area contributed by atoms with Crippen molar-refractivity contribution >= 4 is 15.8 Å². The molecule has 24 heavy (non-hydrogen) atoms. The maximum absolute atomic E-state index is 13.3. The standard InChI is InChI=1S/C10H13F8NO4S/c1-7(2,3)5(20)4-19-24(21,22)10(17,18)9(15,16)23-8(13,14)6(11)12/h6,19H,4H2,1-3H3. The van der Waals surface area contributed by atoms with Crippen molar-refractivity contribution in [1.82, 2.24) is 4.72 Å². The first-order valence-electron chi connectivity index (χ1n) is 5.92. The minimum absolute atomic E-state index is 0.807. The van der Waals surface area contributed by atoms with Crippen LogP contribution in [0.2, 0.25) is 0 Å². The highest BCUT2D eigenvalue weighted by atomic mass is 32.2. The number of hydrogen-bond acceptors (Lipinski definition) is 4. The first-order valence-corrected chi connectivity index (χ1v) is 7.40. The SMILES string of the molecule is CC(C)(C)C(=O)CNS(=O)(=O)C(F)(F)C(F)(F)OC(F)(F)C(F)F. The van der Waals surface area contributed by atoms with Gasteiger partial charge in [-0.15, -0.1) is 0 Å². The van der Waals surface area contributed by atoms with E-state index in [1.54, 1.807) is 0 Å². The number of nitrogens with one attached hydrogen (secondary N) is 1. The van der Waals surface area contributed by atoms with E-state index in [0.29, 0.717) is 0 Å². The lowest BCUT2D eigenvalue weighted by Crippen LogP contribution is -2.57. The van der Waals surface area contributed by atoms with Crippen LogP contribution in [-0.4, -0.2) is 44.6 Å². The molecule has 0 heterocycles. The molecule has 0 spiro atoms. The van der Waals surface area contributed by atoms with E-state index < -0.39 is 51.7 Å². The molecule has 0 aromatic heterocycles. The Bertz CT molecular complexity index is 570. The first-order chi connectivity index (χ1) is 10.3. The molecule has 0 aromatic carbocycles. The highest BCUT2D eigenvalue weighted by molar-refractivity contribution is 7.90. The van der Waals surface area contributed by atoms with Crippen LogP contribution in [0.15, 0.2) is 0 Å². The summed E-state index contributed by atoms with van der Waals surface area (Å²) >= 11 is 0. The Hall–Kier alpha value is -1.02. The van der Waals surface area contributed by atoms with Gasteiger partial charge in [-0.2, -0.15) is 26.3 Å². The minimum atomic E-state index is -6.51. The van der Waals surface area contributed by atoms with Crippen LogP contribution in [0.5, 0.6) is 0 Å². The van der Waals surface area contributed by atoms with E-state index in [0.717, 1.165) is 4.72 Å². The molecule has 0 atom stereocenters. The fourth-order valence-corrected chi connectivity index (χ4v) is 1.80. The van der Waals surface area contributed by atoms with Gasteiger partial charge in [0.1, 0.15) is 0 Å². The molecule has 0 rings (SSSR count). The number of alkyl halides is 8. The van der Waals surface area contributed by atoms with Crippen molar-refractivity contribution in [2.24, 2.45) is 5.41 Å². The Labute approximate surface area is 131 Å². The van der Waals surface area contributed by atoms with E-state index >= 15 is 0 Å². The van der Waals surface area contributed by atoms with Crippen LogP contribution in [0.25, 0.3) is 0 Å². The van der Waals surface area contributed by atoms with Crippen molar-refractivity contribution in [1.29, 1.82) is 0 Å². The van der Waals surface area contributed by atoms with Gasteiger partial charge in [-0.1, -0.05) is 20.8 Å². The van der Waals surface area contributed by atoms with Crippen LogP contribution in [0, 0.1) is 5.41 Å². The topological polar surface area (TPSA) is 72.5 Å². The Kier molecular flexibility index (Phi) is 6.42. The number of ketones is 1. The summed E-state index contributed by atoms with van der Waals surface area (Å²) in [6.45, 7) is 2.40. The molecular weight excluding hydrogens is 382 g/mol. The van der Waals surface area contributed by atoms with Gasteiger partial charge in [0.15, 0.2) is 5.78 Å². The molecule has 144 valence electrons. The van der Waals surface area contributed by atoms with Crippen molar-refractivity contribution in [3.63, 3.8) is 0 Å². The Morgan fingerprint density at radius 2 is 1.46 bits per heavy atom. The van der Waals surface area contributed by atoms with Gasteiger partial charge in [0.05, 0.1) is 6.54 Å². The Morgan fingerprint density at radius 3 is 1.79 bits per heavy atom. The number of carbonyl (C=O) groups is 1. The summed E-state index contributed by atoms with van der Waals surface area (Å²) in [6, 6.07) is 0. The number of ether oxygens (including phenoxy) is 1. The molecule has 0 aliphatic heterocycles. The van der Waals surface area contributed by atoms with Gasteiger partial charge in [0, 0.05) is 5.41 Å². The quantitative estimate of drug-likeness (QED) is 0.642. The van der Waals surface area contributed by atoms with E-state index in [1.807, 2.05) is 4.74 Å². The predicted molar refractivity (Wildman–Crippen MR) is 63.3 cm³/mol. The van der Waals surface area contributed by atoms with Crippen molar-refractivity contribution in [2.75, 3.05) is 6.54 Å². The third-order valence-electron chi connectivity index (χ3n) is 2.45. The summed E-state index contributed by atoms with van der Waals surface area (Å²) in [5.74, 6) is -0.996. The van der Waals surface area contributed by atoms with Crippen LogP contribution >= 0.6 is 0 Å². The highest BCUT2D eigenvalue weighted by Gasteiger charge is 2.71. The molecule has 1 N–H and O–H groups in total. The fourth-order valence-electron chi connectivity index (χ4n) is 0.948. The second-order valence-electron chi connectivity index (χ2n) is 5.50. The zero-order valence-corrected chi connectivity index (χ0v) is 13.2. The van der Waals surface area contributed by atoms with Crippen LogP contribution < -0.4 is 4.72 Å². The maximum Gasteiger partial charge on any atom is 0.448 e. The lowest BCUT2D eigenvalue weighted by molar-refractivity contribution is -0.435. The fraction of sp³-hybridized carbons (Fsp3) is 0.900. The highest BCUT2D eigenvalue weighted by Crippen LogP contribution is 2.43. The number of rotatable bonds is 8. The summed E-state index contributed by atoms with van der Waals surface area (Å²) in [5.41, 5.74) is -1.24. The Balaban J connectivity index is 5.43. The first kappa shape index (κ1) is 23.0. The summed E-state index contributed by atoms with van der Waals surface area (Å²) in [6.07, 6.45) is -17.5. The van der Waals surface area contributed by atoms with Crippen LogP contribution in [-0.2, 0) is 19.6 Å². The Morgan fingerprint density at radius 1 is 1.04 bits per heavy atom. The van der Waals surface area contributed by atoms with Crippen LogP contribution in [0.4, 0.5) is 35.1 Å². The summed E-state index contributed by atoms with van der Waals surface area (Å²) < 4.78 is 126. The second-order valence-corrected chi connectivity index (χ2v) is 7.30. The molecule has 0 radical (unpaired) electrons. The maximum atomic E-state index is 13.3. The van der Waals surface area contributed by atoms with Gasteiger partial charge in [-0.05, 0) is 0 Å². The molecular formula is C10H13F8NO4S. The number of carbonyl (C=O) groups excluding carboxylic acids is 1. The molecule has 0 aromatic rings. The number of hydrogen-bond donors (Lipinski definition) is 1. The van der Waals surface area contributed by atoms with Crippen LogP contribution in [0.3, 0.4) is 0 Å². The predicted octanol–water partition coefficient (Wildman–Crippen LogP) is 2.58. The molecule has 0 aliphatic rings. The lowest BCUT2D eigenvalue weighted by Gasteiger charge is -2.29. The van der Waals surface area contributed by atoms with Crippen molar-refractivity contribution in [3.8, 4) is 0 Å². The van der Waals surface area contributed by atoms with Gasteiger partial charge in [-0.25, -0.2) is 26.7 Å². The summed E-state index contributed by atoms with van der Waals surface area (Å²) in [5, 5.41) is -6.36. The molecule has 0 fully saturated rings. The van der Waals surface area contributed by atoms with E-state index in [2.05, 4.69) is 0 Å². The lowest BCUT2D eigenvalue weighted by atomic mass is 9.91. The zero-order valence-electron chi connectivity index (χ0n) is 12.3. The van der Waals surface area contributed by atoms with E-state index in [4.69, 9.17) is 0 Å². The van der Waals surface area contributed by atoms with Crippen molar-refractivity contribution in [3.05, 3.63) is 0 Å². The smallest absolute Gasteiger partial charge is 0.298 e. The number of halogens is 8. The molecule has 0 saturated heterocycles. The van der Waals surface area contributed by atoms with Crippen molar-refractivity contribution in [2.45, 2.75) is 44.7 Å². The summed E-state index contributed by atoms with van der Waals surface area (Å²) in [4.78, 5) is 11.4. The van der Waals surface area contributed by atoms with Gasteiger partial charge in [-0.3, -0.25) is 4.79 Å². The van der Waals surface area contributed by atoms with Gasteiger partial charge >= 0.3 is 23.9 Å². The third kappa shape index (κ3) is 4.99. The molecule has 0 bridgehead atoms. The van der Waals surface area contributed by atoms with Gasteiger partial charge in [0.25, 0.3) is 10.0 Å². The number of Topliss-reactive ketones (excluding diaryl/α,β-unsaturated/α-hetero) is 1. The minimum Gasteiger partial charge on any atom is -0.298 e. The molecule has 0 aliphatic carbocycles. The van der Waals surface area contributed by atoms with E-state index in [1.165, 1.54) is 20.8 Å². The van der Waals surface area contributed by atoms with Crippen LogP contribution in [0.1, 0.15) is 20.8 Å². The van der Waals surface area contributed by atoms with Gasteiger partial charge < -0.3 is 0 Å². The molecule has 14 heteroatoms. The molecule has 0 amide bonds. The third-order valence-corrected chi connectivity index (χ3v) is 3.89. The second kappa shape index (κ2) is 6.71. The monoisotopic (exact) mass is 395 g/mol. The zero-order chi connectivity index (χ0) is 19.8. The molecule has 0 saturated carbocycles. The van der Waals surface area contributed by atoms with E-state index in [9.17, 15) is 48.3 Å². The molecule has 5 nitrogen and oxygen atoms in total. The van der Waals surface area contributed by atoms with Crippen molar-refractivity contribution < 1.29 is 53.1 Å².